The Labute approximate surface area is 84.7 Å². The second kappa shape index (κ2) is 4.31. The van der Waals surface area contributed by atoms with Gasteiger partial charge in [-0.1, -0.05) is 0 Å². The van der Waals surface area contributed by atoms with Crippen molar-refractivity contribution < 1.29 is 18.7 Å². The third kappa shape index (κ3) is 2.27. The number of aromatic carboxylic acids is 1. The van der Waals surface area contributed by atoms with Crippen LogP contribution in [-0.2, 0) is 6.54 Å². The highest BCUT2D eigenvalue weighted by Gasteiger charge is 2.18. The summed E-state index contributed by atoms with van der Waals surface area (Å²) in [7, 11) is 0. The molecule has 1 rings (SSSR count). The molecule has 1 heterocycles. The van der Waals surface area contributed by atoms with E-state index in [0.717, 1.165) is 6.07 Å². The highest BCUT2D eigenvalue weighted by atomic mass is 19.3. The molecule has 0 atom stereocenters. The fraction of sp³-hybridized carbons (Fsp3) is 0.333. The van der Waals surface area contributed by atoms with Crippen LogP contribution in [0.5, 0.6) is 0 Å². The van der Waals surface area contributed by atoms with Crippen molar-refractivity contribution in [3.8, 4) is 0 Å². The third-order valence-corrected chi connectivity index (χ3v) is 1.96. The number of rotatable bonds is 3. The number of carbonyl (C=O) groups is 1. The van der Waals surface area contributed by atoms with Gasteiger partial charge in [-0.2, -0.15) is 0 Å². The zero-order valence-electron chi connectivity index (χ0n) is 8.00. The molecule has 82 valence electrons. The van der Waals surface area contributed by atoms with Crippen molar-refractivity contribution in [2.45, 2.75) is 19.9 Å². The number of alkyl halides is 2. The Bertz CT molecular complexity index is 394. The largest absolute Gasteiger partial charge is 0.477 e. The summed E-state index contributed by atoms with van der Waals surface area (Å²) in [6, 6.07) is 1.11. The van der Waals surface area contributed by atoms with E-state index >= 15 is 0 Å². The molecular formula is C9H10F2N2O2. The summed E-state index contributed by atoms with van der Waals surface area (Å²) in [5, 5.41) is 8.72. The van der Waals surface area contributed by atoms with E-state index in [-0.39, 0.29) is 29.1 Å². The van der Waals surface area contributed by atoms with Crippen LogP contribution in [0.25, 0.3) is 0 Å². The topological polar surface area (TPSA) is 76.2 Å². The summed E-state index contributed by atoms with van der Waals surface area (Å²) in [5.74, 6) is -1.25. The minimum absolute atomic E-state index is 0.0759. The molecule has 0 aliphatic heterocycles. The molecule has 0 fully saturated rings. The lowest BCUT2D eigenvalue weighted by Gasteiger charge is -2.09. The quantitative estimate of drug-likeness (QED) is 0.802. The standard InChI is InChI=1S/C9H10F2N2O2/c1-4-2-5(8(10)11)6(3-12)13-7(4)9(14)15/h2,8H,3,12H2,1H3,(H,14,15). The fourth-order valence-electron chi connectivity index (χ4n) is 1.24. The second-order valence-electron chi connectivity index (χ2n) is 3.00. The molecule has 0 saturated heterocycles. The number of nitrogens with zero attached hydrogens (tertiary/aromatic N) is 1. The zero-order chi connectivity index (χ0) is 11.6. The Morgan fingerprint density at radius 1 is 1.67 bits per heavy atom. The average molecular weight is 216 g/mol. The van der Waals surface area contributed by atoms with Crippen LogP contribution in [0.3, 0.4) is 0 Å². The van der Waals surface area contributed by atoms with Crippen molar-refractivity contribution in [2.24, 2.45) is 5.73 Å². The summed E-state index contributed by atoms with van der Waals surface area (Å²) in [6.07, 6.45) is -2.70. The number of carboxylic acid groups (broad SMARTS) is 1. The Kier molecular flexibility index (Phi) is 3.31. The lowest BCUT2D eigenvalue weighted by atomic mass is 10.1. The SMILES string of the molecule is Cc1cc(C(F)F)c(CN)nc1C(=O)O. The van der Waals surface area contributed by atoms with Crippen molar-refractivity contribution in [1.82, 2.24) is 4.98 Å². The average Bonchev–Trinajstić information content (AvgIpc) is 2.16. The third-order valence-electron chi connectivity index (χ3n) is 1.96. The van der Waals surface area contributed by atoms with Crippen LogP contribution in [0.1, 0.15) is 33.7 Å². The van der Waals surface area contributed by atoms with E-state index in [2.05, 4.69) is 4.98 Å². The van der Waals surface area contributed by atoms with E-state index in [9.17, 15) is 13.6 Å². The van der Waals surface area contributed by atoms with Gasteiger partial charge in [-0.05, 0) is 18.6 Å². The van der Waals surface area contributed by atoms with Gasteiger partial charge in [0.2, 0.25) is 0 Å². The monoisotopic (exact) mass is 216 g/mol. The summed E-state index contributed by atoms with van der Waals surface area (Å²) >= 11 is 0. The molecule has 0 aliphatic rings. The van der Waals surface area contributed by atoms with Crippen molar-refractivity contribution in [3.63, 3.8) is 0 Å². The van der Waals surface area contributed by atoms with Crippen LogP contribution in [0.4, 0.5) is 8.78 Å². The normalized spacial score (nSPS) is 10.7. The van der Waals surface area contributed by atoms with Crippen LogP contribution >= 0.6 is 0 Å². The summed E-state index contributed by atoms with van der Waals surface area (Å²) in [4.78, 5) is 14.3. The van der Waals surface area contributed by atoms with Crippen LogP contribution in [0, 0.1) is 6.92 Å². The molecule has 1 aromatic rings. The van der Waals surface area contributed by atoms with Gasteiger partial charge in [-0.15, -0.1) is 0 Å². The van der Waals surface area contributed by atoms with Crippen molar-refractivity contribution in [3.05, 3.63) is 28.6 Å². The maximum atomic E-state index is 12.5. The molecule has 0 bridgehead atoms. The first kappa shape index (κ1) is 11.5. The molecule has 1 aromatic heterocycles. The number of carboxylic acids is 1. The molecular weight excluding hydrogens is 206 g/mol. The lowest BCUT2D eigenvalue weighted by molar-refractivity contribution is 0.0688. The molecule has 3 N–H and O–H groups in total. The molecule has 0 aliphatic carbocycles. The number of hydrogen-bond donors (Lipinski definition) is 2. The number of nitrogens with two attached hydrogens (primary N) is 1. The number of hydrogen-bond acceptors (Lipinski definition) is 3. The fourth-order valence-corrected chi connectivity index (χ4v) is 1.24. The van der Waals surface area contributed by atoms with Gasteiger partial charge in [-0.3, -0.25) is 0 Å². The van der Waals surface area contributed by atoms with Gasteiger partial charge in [0.15, 0.2) is 5.69 Å². The van der Waals surface area contributed by atoms with Gasteiger partial charge in [0.25, 0.3) is 6.43 Å². The molecule has 15 heavy (non-hydrogen) atoms. The second-order valence-corrected chi connectivity index (χ2v) is 3.00. The molecule has 0 radical (unpaired) electrons. The van der Waals surface area contributed by atoms with Crippen LogP contribution < -0.4 is 5.73 Å². The molecule has 0 aromatic carbocycles. The van der Waals surface area contributed by atoms with E-state index in [4.69, 9.17) is 10.8 Å². The highest BCUT2D eigenvalue weighted by Crippen LogP contribution is 2.23. The Morgan fingerprint density at radius 2 is 2.27 bits per heavy atom. The summed E-state index contributed by atoms with van der Waals surface area (Å²) in [5.41, 5.74) is 4.80. The van der Waals surface area contributed by atoms with Gasteiger partial charge in [0, 0.05) is 12.1 Å². The van der Waals surface area contributed by atoms with Crippen LogP contribution in [-0.4, -0.2) is 16.1 Å². The maximum absolute atomic E-state index is 12.5. The van der Waals surface area contributed by atoms with Crippen LogP contribution in [0.15, 0.2) is 6.07 Å². The number of aromatic nitrogens is 1. The van der Waals surface area contributed by atoms with Gasteiger partial charge in [-0.25, -0.2) is 18.6 Å². The molecule has 0 spiro atoms. The smallest absolute Gasteiger partial charge is 0.354 e. The van der Waals surface area contributed by atoms with Crippen molar-refractivity contribution in [1.29, 1.82) is 0 Å². The first-order chi connectivity index (χ1) is 6.97. The predicted octanol–water partition coefficient (Wildman–Crippen LogP) is 1.48. The molecule has 0 unspecified atom stereocenters. The minimum Gasteiger partial charge on any atom is -0.477 e. The zero-order valence-corrected chi connectivity index (χ0v) is 8.00. The van der Waals surface area contributed by atoms with E-state index in [1.807, 2.05) is 0 Å². The molecule has 4 nitrogen and oxygen atoms in total. The minimum atomic E-state index is -2.70. The van der Waals surface area contributed by atoms with Gasteiger partial charge < -0.3 is 10.8 Å². The molecule has 0 amide bonds. The number of pyridine rings is 1. The number of halogens is 2. The van der Waals surface area contributed by atoms with E-state index in [1.54, 1.807) is 0 Å². The predicted molar refractivity (Wildman–Crippen MR) is 48.8 cm³/mol. The molecule has 0 saturated carbocycles. The Hall–Kier alpha value is -1.56. The first-order valence-electron chi connectivity index (χ1n) is 4.19. The Balaban J connectivity index is 3.35. The van der Waals surface area contributed by atoms with Crippen molar-refractivity contribution >= 4 is 5.97 Å². The van der Waals surface area contributed by atoms with Gasteiger partial charge in [0.1, 0.15) is 0 Å². The van der Waals surface area contributed by atoms with Gasteiger partial charge >= 0.3 is 5.97 Å². The van der Waals surface area contributed by atoms with Crippen molar-refractivity contribution in [2.75, 3.05) is 0 Å². The van der Waals surface area contributed by atoms with Gasteiger partial charge in [0.05, 0.1) is 5.69 Å². The summed E-state index contributed by atoms with van der Waals surface area (Å²) < 4.78 is 25.0. The lowest BCUT2D eigenvalue weighted by Crippen LogP contribution is -2.12. The molecule has 6 heteroatoms. The highest BCUT2D eigenvalue weighted by molar-refractivity contribution is 5.87. The summed E-state index contributed by atoms with van der Waals surface area (Å²) in [6.45, 7) is 1.21. The van der Waals surface area contributed by atoms with E-state index in [0.29, 0.717) is 0 Å². The van der Waals surface area contributed by atoms with E-state index < -0.39 is 12.4 Å². The van der Waals surface area contributed by atoms with Crippen LogP contribution in [0.2, 0.25) is 0 Å². The number of aryl methyl sites for hydroxylation is 1. The maximum Gasteiger partial charge on any atom is 0.354 e. The first-order valence-corrected chi connectivity index (χ1v) is 4.19. The Morgan fingerprint density at radius 3 is 2.67 bits per heavy atom. The van der Waals surface area contributed by atoms with E-state index in [1.165, 1.54) is 6.92 Å².